The molecule has 0 aliphatic carbocycles. The molecule has 4 aromatic rings. The number of benzene rings is 2. The van der Waals surface area contributed by atoms with Gasteiger partial charge in [0, 0.05) is 36.8 Å². The molecule has 0 saturated carbocycles. The summed E-state index contributed by atoms with van der Waals surface area (Å²) in [4.78, 5) is 42.0. The third kappa shape index (κ3) is 5.03. The molecule has 0 aliphatic rings. The van der Waals surface area contributed by atoms with Crippen molar-refractivity contribution in [3.63, 3.8) is 0 Å². The molecular formula is C25H18Cl3N3O4. The van der Waals surface area contributed by atoms with Crippen LogP contribution in [0.4, 0.5) is 0 Å². The maximum absolute atomic E-state index is 12.8. The number of rotatable bonds is 6. The lowest BCUT2D eigenvalue weighted by Crippen LogP contribution is -2.42. The van der Waals surface area contributed by atoms with E-state index in [0.29, 0.717) is 32.6 Å². The van der Waals surface area contributed by atoms with E-state index in [1.54, 1.807) is 49.6 Å². The van der Waals surface area contributed by atoms with E-state index in [0.717, 1.165) is 0 Å². The van der Waals surface area contributed by atoms with E-state index >= 15 is 0 Å². The molecule has 10 heteroatoms. The van der Waals surface area contributed by atoms with Crippen LogP contribution in [0.25, 0.3) is 22.0 Å². The first-order valence-corrected chi connectivity index (χ1v) is 11.5. The number of carbonyl (C=O) groups is 2. The van der Waals surface area contributed by atoms with Crippen molar-refractivity contribution in [3.8, 4) is 11.1 Å². The summed E-state index contributed by atoms with van der Waals surface area (Å²) in [5.41, 5.74) is 1.83. The summed E-state index contributed by atoms with van der Waals surface area (Å²) in [5.74, 6) is -1.94. The van der Waals surface area contributed by atoms with Crippen LogP contribution < -0.4 is 10.9 Å². The van der Waals surface area contributed by atoms with Crippen molar-refractivity contribution in [3.05, 3.63) is 97.5 Å². The minimum atomic E-state index is -1.29. The molecule has 178 valence electrons. The van der Waals surface area contributed by atoms with Crippen molar-refractivity contribution in [2.45, 2.75) is 12.5 Å². The second-order valence-electron chi connectivity index (χ2n) is 7.82. The van der Waals surface area contributed by atoms with Crippen LogP contribution in [0.1, 0.15) is 15.9 Å². The third-order valence-electron chi connectivity index (χ3n) is 5.51. The molecule has 0 fully saturated rings. The number of aliphatic carboxylic acids is 1. The lowest BCUT2D eigenvalue weighted by molar-refractivity contribution is -0.139. The number of nitrogens with zero attached hydrogens (tertiary/aromatic N) is 2. The second kappa shape index (κ2) is 10.1. The lowest BCUT2D eigenvalue weighted by atomic mass is 9.95. The highest BCUT2D eigenvalue weighted by Gasteiger charge is 2.25. The summed E-state index contributed by atoms with van der Waals surface area (Å²) >= 11 is 18.4. The molecule has 2 heterocycles. The average molecular weight is 531 g/mol. The maximum atomic E-state index is 12.8. The molecule has 1 unspecified atom stereocenters. The Hall–Kier alpha value is -3.39. The molecule has 2 aromatic heterocycles. The number of aromatic nitrogens is 2. The Morgan fingerprint density at radius 1 is 1.06 bits per heavy atom. The van der Waals surface area contributed by atoms with E-state index < -0.39 is 17.9 Å². The molecule has 4 rings (SSSR count). The van der Waals surface area contributed by atoms with Gasteiger partial charge < -0.3 is 15.0 Å². The molecule has 2 aromatic carbocycles. The van der Waals surface area contributed by atoms with Crippen LogP contribution in [0, 0.1) is 0 Å². The third-order valence-corrected chi connectivity index (χ3v) is 6.35. The molecule has 0 radical (unpaired) electrons. The summed E-state index contributed by atoms with van der Waals surface area (Å²) in [7, 11) is 1.61. The molecule has 0 aliphatic heterocycles. The van der Waals surface area contributed by atoms with Crippen LogP contribution in [-0.4, -0.2) is 32.6 Å². The summed E-state index contributed by atoms with van der Waals surface area (Å²) in [6.07, 6.45) is 3.03. The van der Waals surface area contributed by atoms with Crippen molar-refractivity contribution >= 4 is 57.6 Å². The maximum Gasteiger partial charge on any atom is 0.326 e. The second-order valence-corrected chi connectivity index (χ2v) is 9.08. The van der Waals surface area contributed by atoms with Gasteiger partial charge >= 0.3 is 5.97 Å². The zero-order valence-corrected chi connectivity index (χ0v) is 20.5. The predicted molar refractivity (Wildman–Crippen MR) is 136 cm³/mol. The van der Waals surface area contributed by atoms with Gasteiger partial charge in [0.1, 0.15) is 6.04 Å². The van der Waals surface area contributed by atoms with Gasteiger partial charge in [0.05, 0.1) is 26.1 Å². The quantitative estimate of drug-likeness (QED) is 0.366. The van der Waals surface area contributed by atoms with E-state index in [-0.39, 0.29) is 27.6 Å². The number of pyridine rings is 2. The molecular weight excluding hydrogens is 513 g/mol. The fourth-order valence-electron chi connectivity index (χ4n) is 3.86. The largest absolute Gasteiger partial charge is 0.480 e. The number of hydrogen-bond acceptors (Lipinski definition) is 4. The Morgan fingerprint density at radius 2 is 1.77 bits per heavy atom. The van der Waals surface area contributed by atoms with Gasteiger partial charge in [0.15, 0.2) is 0 Å². The normalized spacial score (nSPS) is 11.9. The van der Waals surface area contributed by atoms with Crippen LogP contribution >= 0.6 is 34.8 Å². The Labute approximate surface area is 214 Å². The first-order valence-electron chi connectivity index (χ1n) is 10.4. The number of halogens is 3. The van der Waals surface area contributed by atoms with Gasteiger partial charge in [-0.3, -0.25) is 14.6 Å². The standard InChI is InChI=1S/C25H18Cl3N3O4/c1-31-12-14(26)11-17(24(31)33)15-8-7-13(22-16(15)4-3-9-29-22)10-20(25(34)35)30-23(32)21-18(27)5-2-6-19(21)28/h2-9,11-12,20H,10H2,1H3,(H,30,32)(H,34,35). The van der Waals surface area contributed by atoms with Gasteiger partial charge in [0.25, 0.3) is 11.5 Å². The predicted octanol–water partition coefficient (Wildman–Crippen LogP) is 4.99. The van der Waals surface area contributed by atoms with Crippen molar-refractivity contribution in [1.82, 2.24) is 14.9 Å². The van der Waals surface area contributed by atoms with Gasteiger partial charge in [-0.05, 0) is 35.4 Å². The van der Waals surface area contributed by atoms with Gasteiger partial charge in [-0.1, -0.05) is 59.1 Å². The number of hydrogen-bond donors (Lipinski definition) is 2. The number of carboxylic acid groups (broad SMARTS) is 1. The molecule has 0 saturated heterocycles. The van der Waals surface area contributed by atoms with Crippen molar-refractivity contribution in [2.75, 3.05) is 0 Å². The number of amides is 1. The zero-order valence-electron chi connectivity index (χ0n) is 18.3. The zero-order chi connectivity index (χ0) is 25.3. The highest BCUT2D eigenvalue weighted by molar-refractivity contribution is 6.39. The van der Waals surface area contributed by atoms with Gasteiger partial charge in [-0.25, -0.2) is 4.79 Å². The van der Waals surface area contributed by atoms with E-state index in [1.807, 2.05) is 0 Å². The lowest BCUT2D eigenvalue weighted by Gasteiger charge is -2.17. The van der Waals surface area contributed by atoms with Crippen LogP contribution in [-0.2, 0) is 18.3 Å². The van der Waals surface area contributed by atoms with E-state index in [9.17, 15) is 19.5 Å². The van der Waals surface area contributed by atoms with Crippen LogP contribution in [0.3, 0.4) is 0 Å². The average Bonchev–Trinajstić information content (AvgIpc) is 2.81. The Morgan fingerprint density at radius 3 is 2.46 bits per heavy atom. The number of fused-ring (bicyclic) bond motifs is 1. The van der Waals surface area contributed by atoms with Crippen LogP contribution in [0.15, 0.2) is 65.7 Å². The molecule has 0 bridgehead atoms. The smallest absolute Gasteiger partial charge is 0.326 e. The SMILES string of the molecule is Cn1cc(Cl)cc(-c2ccc(CC(NC(=O)c3c(Cl)cccc3Cl)C(=O)O)c3ncccc23)c1=O. The summed E-state index contributed by atoms with van der Waals surface area (Å²) in [5, 5.41) is 13.6. The highest BCUT2D eigenvalue weighted by Crippen LogP contribution is 2.30. The van der Waals surface area contributed by atoms with Crippen molar-refractivity contribution in [1.29, 1.82) is 0 Å². The number of aryl methyl sites for hydroxylation is 1. The number of nitrogens with one attached hydrogen (secondary N) is 1. The summed E-state index contributed by atoms with van der Waals surface area (Å²) in [6.45, 7) is 0. The van der Waals surface area contributed by atoms with Crippen molar-refractivity contribution < 1.29 is 14.7 Å². The molecule has 1 atom stereocenters. The number of carbonyl (C=O) groups excluding carboxylic acids is 1. The van der Waals surface area contributed by atoms with Crippen LogP contribution in [0.2, 0.25) is 15.1 Å². The fraction of sp³-hybridized carbons (Fsp3) is 0.120. The summed E-state index contributed by atoms with van der Waals surface area (Å²) in [6, 6.07) is 11.8. The summed E-state index contributed by atoms with van der Waals surface area (Å²) < 4.78 is 1.39. The first kappa shape index (κ1) is 24.7. The molecule has 2 N–H and O–H groups in total. The van der Waals surface area contributed by atoms with Crippen molar-refractivity contribution in [2.24, 2.45) is 7.05 Å². The Balaban J connectivity index is 1.74. The van der Waals surface area contributed by atoms with E-state index in [2.05, 4.69) is 10.3 Å². The highest BCUT2D eigenvalue weighted by atomic mass is 35.5. The molecule has 7 nitrogen and oxygen atoms in total. The Bertz CT molecular complexity index is 1510. The molecule has 35 heavy (non-hydrogen) atoms. The van der Waals surface area contributed by atoms with Gasteiger partial charge in [-0.15, -0.1) is 0 Å². The van der Waals surface area contributed by atoms with E-state index in [1.165, 1.54) is 22.9 Å². The van der Waals surface area contributed by atoms with E-state index in [4.69, 9.17) is 34.8 Å². The monoisotopic (exact) mass is 529 g/mol. The Kier molecular flexibility index (Phi) is 7.12. The van der Waals surface area contributed by atoms with Gasteiger partial charge in [0.2, 0.25) is 0 Å². The minimum absolute atomic E-state index is 0.00258. The minimum Gasteiger partial charge on any atom is -0.480 e. The topological polar surface area (TPSA) is 101 Å². The molecule has 0 spiro atoms. The number of carboxylic acids is 1. The fourth-order valence-corrected chi connectivity index (χ4v) is 4.68. The van der Waals surface area contributed by atoms with Gasteiger partial charge in [-0.2, -0.15) is 0 Å². The van der Waals surface area contributed by atoms with Crippen LogP contribution in [0.5, 0.6) is 0 Å². The first-order chi connectivity index (χ1) is 16.7. The molecule has 1 amide bonds.